The summed E-state index contributed by atoms with van der Waals surface area (Å²) in [6.45, 7) is 3.02. The number of nitrogens with zero attached hydrogens (tertiary/aromatic N) is 1. The Kier molecular flexibility index (Phi) is 6.11. The molecule has 1 aromatic carbocycles. The van der Waals surface area contributed by atoms with Crippen LogP contribution in [0.2, 0.25) is 0 Å². The van der Waals surface area contributed by atoms with Crippen molar-refractivity contribution in [1.29, 1.82) is 0 Å². The van der Waals surface area contributed by atoms with Gasteiger partial charge in [0.25, 0.3) is 0 Å². The quantitative estimate of drug-likeness (QED) is 0.640. The Bertz CT molecular complexity index is 941. The maximum Gasteiger partial charge on any atom is 0.243 e. The van der Waals surface area contributed by atoms with E-state index in [2.05, 4.69) is 10.6 Å². The second-order valence-electron chi connectivity index (χ2n) is 7.35. The van der Waals surface area contributed by atoms with Crippen LogP contribution in [0.25, 0.3) is 0 Å². The van der Waals surface area contributed by atoms with Crippen LogP contribution in [0.15, 0.2) is 29.2 Å². The lowest BCUT2D eigenvalue weighted by Crippen LogP contribution is -2.46. The molecule has 2 aliphatic heterocycles. The zero-order valence-corrected chi connectivity index (χ0v) is 17.3. The van der Waals surface area contributed by atoms with Crippen molar-refractivity contribution >= 4 is 31.5 Å². The van der Waals surface area contributed by atoms with Crippen molar-refractivity contribution < 1.29 is 26.4 Å². The summed E-state index contributed by atoms with van der Waals surface area (Å²) in [6.07, 6.45) is 0.454. The number of sulfonamides is 1. The van der Waals surface area contributed by atoms with Gasteiger partial charge < -0.3 is 15.4 Å². The minimum atomic E-state index is -3.65. The summed E-state index contributed by atoms with van der Waals surface area (Å²) >= 11 is 0. The van der Waals surface area contributed by atoms with Gasteiger partial charge in [0, 0.05) is 24.3 Å². The van der Waals surface area contributed by atoms with E-state index in [1.54, 1.807) is 19.1 Å². The van der Waals surface area contributed by atoms with Crippen LogP contribution in [-0.2, 0) is 29.4 Å². The molecule has 28 heavy (non-hydrogen) atoms. The Morgan fingerprint density at radius 3 is 2.64 bits per heavy atom. The lowest BCUT2D eigenvalue weighted by molar-refractivity contribution is -0.115. The summed E-state index contributed by atoms with van der Waals surface area (Å²) in [7, 11) is -6.72. The van der Waals surface area contributed by atoms with Gasteiger partial charge in [-0.05, 0) is 31.5 Å². The molecule has 0 spiro atoms. The van der Waals surface area contributed by atoms with Crippen LogP contribution < -0.4 is 10.6 Å². The predicted molar refractivity (Wildman–Crippen MR) is 104 cm³/mol. The number of anilines is 1. The molecule has 1 aromatic rings. The maximum atomic E-state index is 12.7. The molecule has 2 fully saturated rings. The first-order chi connectivity index (χ1) is 13.1. The minimum Gasteiger partial charge on any atom is -0.379 e. The highest BCUT2D eigenvalue weighted by atomic mass is 32.2. The molecule has 2 heterocycles. The molecule has 156 valence electrons. The van der Waals surface area contributed by atoms with E-state index < -0.39 is 25.4 Å². The Balaban J connectivity index is 1.62. The number of carbonyl (C=O) groups excluding carboxylic acids is 1. The van der Waals surface area contributed by atoms with Crippen LogP contribution in [0.4, 0.5) is 5.69 Å². The number of hydrogen-bond donors (Lipinski definition) is 2. The van der Waals surface area contributed by atoms with Crippen LogP contribution in [0.5, 0.6) is 0 Å². The molecule has 9 nitrogen and oxygen atoms in total. The highest BCUT2D eigenvalue weighted by Gasteiger charge is 2.38. The summed E-state index contributed by atoms with van der Waals surface area (Å²) in [5.41, 5.74) is -0.261. The maximum absolute atomic E-state index is 12.7. The van der Waals surface area contributed by atoms with Crippen molar-refractivity contribution in [3.8, 4) is 0 Å². The molecule has 1 atom stereocenters. The van der Waals surface area contributed by atoms with E-state index in [0.29, 0.717) is 38.4 Å². The van der Waals surface area contributed by atoms with Gasteiger partial charge in [0.15, 0.2) is 9.84 Å². The molecular formula is C17H25N3O6S2. The molecule has 2 aliphatic rings. The van der Waals surface area contributed by atoms with Crippen LogP contribution in [0.3, 0.4) is 0 Å². The van der Waals surface area contributed by atoms with Gasteiger partial charge in [-0.15, -0.1) is 0 Å². The van der Waals surface area contributed by atoms with Crippen molar-refractivity contribution in [3.63, 3.8) is 0 Å². The van der Waals surface area contributed by atoms with Gasteiger partial charge in [0.2, 0.25) is 15.9 Å². The third kappa shape index (κ3) is 5.09. The second kappa shape index (κ2) is 8.07. The minimum absolute atomic E-state index is 0.000553. The summed E-state index contributed by atoms with van der Waals surface area (Å²) < 4.78 is 55.3. The molecule has 0 saturated carbocycles. The number of morpholine rings is 1. The lowest BCUT2D eigenvalue weighted by atomic mass is 10.0. The fourth-order valence-electron chi connectivity index (χ4n) is 3.32. The zero-order valence-electron chi connectivity index (χ0n) is 15.7. The molecule has 0 aliphatic carbocycles. The average molecular weight is 432 g/mol. The number of amides is 1. The normalized spacial score (nSPS) is 25.5. The Morgan fingerprint density at radius 1 is 1.29 bits per heavy atom. The van der Waals surface area contributed by atoms with Crippen LogP contribution in [-0.4, -0.2) is 76.9 Å². The van der Waals surface area contributed by atoms with Gasteiger partial charge in [-0.25, -0.2) is 16.8 Å². The van der Waals surface area contributed by atoms with Crippen LogP contribution in [0, 0.1) is 0 Å². The molecule has 3 rings (SSSR count). The molecule has 2 N–H and O–H groups in total. The van der Waals surface area contributed by atoms with Gasteiger partial charge >= 0.3 is 0 Å². The first-order valence-corrected chi connectivity index (χ1v) is 12.3. The molecule has 2 saturated heterocycles. The Labute approximate surface area is 165 Å². The Hall–Kier alpha value is -1.53. The fraction of sp³-hybridized carbons (Fsp3) is 0.588. The van der Waals surface area contributed by atoms with E-state index >= 15 is 0 Å². The summed E-state index contributed by atoms with van der Waals surface area (Å²) in [5, 5.41) is 5.66. The van der Waals surface area contributed by atoms with E-state index in [4.69, 9.17) is 4.74 Å². The monoisotopic (exact) mass is 431 g/mol. The second-order valence-corrected chi connectivity index (χ2v) is 11.5. The van der Waals surface area contributed by atoms with Gasteiger partial charge in [-0.2, -0.15) is 4.31 Å². The average Bonchev–Trinajstić information content (AvgIpc) is 2.94. The Morgan fingerprint density at radius 2 is 2.00 bits per heavy atom. The predicted octanol–water partition coefficient (Wildman–Crippen LogP) is -0.187. The van der Waals surface area contributed by atoms with E-state index in [1.807, 2.05) is 0 Å². The van der Waals surface area contributed by atoms with E-state index in [0.717, 1.165) is 0 Å². The van der Waals surface area contributed by atoms with Gasteiger partial charge in [0.05, 0.1) is 36.2 Å². The molecule has 0 bridgehead atoms. The highest BCUT2D eigenvalue weighted by molar-refractivity contribution is 7.91. The molecule has 1 amide bonds. The molecule has 1 unspecified atom stereocenters. The number of hydrogen-bond acceptors (Lipinski definition) is 7. The van der Waals surface area contributed by atoms with Crippen LogP contribution in [0.1, 0.15) is 13.3 Å². The van der Waals surface area contributed by atoms with Gasteiger partial charge in [0.1, 0.15) is 0 Å². The van der Waals surface area contributed by atoms with E-state index in [1.165, 1.54) is 16.4 Å². The van der Waals surface area contributed by atoms with E-state index in [-0.39, 0.29) is 28.9 Å². The number of rotatable bonds is 6. The number of benzene rings is 1. The van der Waals surface area contributed by atoms with Gasteiger partial charge in [-0.1, -0.05) is 6.07 Å². The van der Waals surface area contributed by atoms with Crippen LogP contribution >= 0.6 is 0 Å². The van der Waals surface area contributed by atoms with Gasteiger partial charge in [-0.3, -0.25) is 4.79 Å². The summed E-state index contributed by atoms with van der Waals surface area (Å²) in [5.74, 6) is -0.258. The first-order valence-electron chi connectivity index (χ1n) is 9.03. The third-order valence-corrected chi connectivity index (χ3v) is 8.70. The van der Waals surface area contributed by atoms with Crippen molar-refractivity contribution in [2.24, 2.45) is 0 Å². The largest absolute Gasteiger partial charge is 0.379 e. The zero-order chi connectivity index (χ0) is 20.4. The topological polar surface area (TPSA) is 122 Å². The number of nitrogens with one attached hydrogen (secondary N) is 2. The smallest absolute Gasteiger partial charge is 0.243 e. The van der Waals surface area contributed by atoms with Crippen molar-refractivity contribution in [2.75, 3.05) is 49.7 Å². The molecular weight excluding hydrogens is 406 g/mol. The fourth-order valence-corrected chi connectivity index (χ4v) is 6.90. The number of sulfone groups is 1. The lowest BCUT2D eigenvalue weighted by Gasteiger charge is -2.26. The number of carbonyl (C=O) groups is 1. The molecule has 11 heteroatoms. The highest BCUT2D eigenvalue weighted by Crippen LogP contribution is 2.23. The van der Waals surface area contributed by atoms with Crippen molar-refractivity contribution in [2.45, 2.75) is 23.8 Å². The van der Waals surface area contributed by atoms with Crippen molar-refractivity contribution in [3.05, 3.63) is 24.3 Å². The first kappa shape index (κ1) is 21.2. The standard InChI is InChI=1S/C17H25N3O6S2/c1-17(5-10-27(22,23)13-17)18-12-16(21)19-14-3-2-4-15(11-14)28(24,25)20-6-8-26-9-7-20/h2-4,11,18H,5-10,12-13H2,1H3,(H,19,21). The molecule has 0 aromatic heterocycles. The molecule has 0 radical (unpaired) electrons. The SMILES string of the molecule is CC1(NCC(=O)Nc2cccc(S(=O)(=O)N3CCOCC3)c2)CCS(=O)(=O)C1. The van der Waals surface area contributed by atoms with Crippen molar-refractivity contribution in [1.82, 2.24) is 9.62 Å². The number of ether oxygens (including phenoxy) is 1. The summed E-state index contributed by atoms with van der Waals surface area (Å²) in [4.78, 5) is 12.3. The third-order valence-electron chi connectivity index (χ3n) is 4.90. The van der Waals surface area contributed by atoms with E-state index in [9.17, 15) is 21.6 Å². The summed E-state index contributed by atoms with van der Waals surface area (Å²) in [6, 6.07) is 6.09.